The number of para-hydroxylation sites is 1. The topological polar surface area (TPSA) is 89.6 Å². The molecule has 3 N–H and O–H groups in total. The normalized spacial score (nSPS) is 10.8. The van der Waals surface area contributed by atoms with E-state index in [2.05, 4.69) is 15.5 Å². The number of aromatic nitrogens is 1. The summed E-state index contributed by atoms with van der Waals surface area (Å²) in [7, 11) is 0. The number of rotatable bonds is 5. The largest absolute Gasteiger partial charge is 0.493 e. The fourth-order valence-electron chi connectivity index (χ4n) is 1.77. The third kappa shape index (κ3) is 4.08. The van der Waals surface area contributed by atoms with Crippen molar-refractivity contribution in [2.45, 2.75) is 6.92 Å². The van der Waals surface area contributed by atoms with Crippen molar-refractivity contribution in [1.82, 2.24) is 10.4 Å². The van der Waals surface area contributed by atoms with Crippen molar-refractivity contribution in [3.8, 4) is 5.75 Å². The predicted octanol–water partition coefficient (Wildman–Crippen LogP) is 3.79. The molecule has 0 aliphatic rings. The average Bonchev–Trinajstić information content (AvgIpc) is 2.58. The minimum absolute atomic E-state index is 0.00707. The maximum atomic E-state index is 12.1. The zero-order valence-electron chi connectivity index (χ0n) is 12.5. The number of hydrogen-bond donors (Lipinski definition) is 2. The van der Waals surface area contributed by atoms with Gasteiger partial charge in [-0.3, -0.25) is 4.79 Å². The van der Waals surface area contributed by atoms with Crippen LogP contribution in [0.15, 0.2) is 29.4 Å². The van der Waals surface area contributed by atoms with E-state index >= 15 is 0 Å². The van der Waals surface area contributed by atoms with Crippen molar-refractivity contribution in [3.05, 3.63) is 50.7 Å². The SMILES string of the molecule is CCOc1ccccc1C=NNC(=O)c1nc(Cl)c(Cl)c(N)c1Cl. The van der Waals surface area contributed by atoms with Gasteiger partial charge in [-0.2, -0.15) is 5.10 Å². The number of nitrogen functional groups attached to an aromatic ring is 1. The quantitative estimate of drug-likeness (QED) is 0.464. The monoisotopic (exact) mass is 386 g/mol. The summed E-state index contributed by atoms with van der Waals surface area (Å²) >= 11 is 17.6. The number of carbonyl (C=O) groups is 1. The molecule has 0 radical (unpaired) electrons. The number of amides is 1. The zero-order chi connectivity index (χ0) is 17.7. The van der Waals surface area contributed by atoms with Crippen molar-refractivity contribution >= 4 is 52.6 Å². The number of pyridine rings is 1. The van der Waals surface area contributed by atoms with Crippen LogP contribution in [0.25, 0.3) is 0 Å². The van der Waals surface area contributed by atoms with Gasteiger partial charge in [0.2, 0.25) is 0 Å². The van der Waals surface area contributed by atoms with Gasteiger partial charge in [-0.1, -0.05) is 46.9 Å². The van der Waals surface area contributed by atoms with Gasteiger partial charge >= 0.3 is 0 Å². The molecule has 1 aromatic heterocycles. The Balaban J connectivity index is 2.17. The first kappa shape index (κ1) is 18.3. The molecule has 1 amide bonds. The van der Waals surface area contributed by atoms with Gasteiger partial charge in [-0.05, 0) is 19.1 Å². The van der Waals surface area contributed by atoms with Gasteiger partial charge in [0.05, 0.1) is 23.5 Å². The molecule has 2 rings (SSSR count). The molecular formula is C15H13Cl3N4O2. The first-order valence-corrected chi connectivity index (χ1v) is 7.94. The molecule has 1 aromatic carbocycles. The van der Waals surface area contributed by atoms with Gasteiger partial charge in [-0.25, -0.2) is 10.4 Å². The maximum Gasteiger partial charge on any atom is 0.291 e. The molecule has 0 aliphatic heterocycles. The van der Waals surface area contributed by atoms with E-state index in [1.807, 2.05) is 19.1 Å². The highest BCUT2D eigenvalue weighted by Crippen LogP contribution is 2.34. The van der Waals surface area contributed by atoms with E-state index in [1.54, 1.807) is 12.1 Å². The number of halogens is 3. The van der Waals surface area contributed by atoms with Crippen LogP contribution in [0.3, 0.4) is 0 Å². The van der Waals surface area contributed by atoms with Crippen LogP contribution >= 0.6 is 34.8 Å². The Labute approximate surface area is 153 Å². The van der Waals surface area contributed by atoms with E-state index in [1.165, 1.54) is 6.21 Å². The van der Waals surface area contributed by atoms with Crippen LogP contribution in [-0.2, 0) is 0 Å². The second kappa shape index (κ2) is 8.19. The highest BCUT2D eigenvalue weighted by molar-refractivity contribution is 6.46. The first-order valence-electron chi connectivity index (χ1n) is 6.80. The summed E-state index contributed by atoms with van der Waals surface area (Å²) in [4.78, 5) is 15.9. The number of ether oxygens (including phenoxy) is 1. The lowest BCUT2D eigenvalue weighted by Crippen LogP contribution is -2.20. The van der Waals surface area contributed by atoms with Gasteiger partial charge < -0.3 is 10.5 Å². The highest BCUT2D eigenvalue weighted by Gasteiger charge is 2.19. The molecule has 0 saturated heterocycles. The third-order valence-electron chi connectivity index (χ3n) is 2.88. The van der Waals surface area contributed by atoms with Crippen LogP contribution in [0.4, 0.5) is 5.69 Å². The molecule has 0 atom stereocenters. The standard InChI is InChI=1S/C15H13Cl3N4O2/c1-2-24-9-6-4-3-5-8(9)7-20-22-15(23)13-10(16)12(19)11(17)14(18)21-13/h3-7H,2H2,1H3,(H2,19,21)(H,22,23). The van der Waals surface area contributed by atoms with Crippen molar-refractivity contribution in [2.24, 2.45) is 5.10 Å². The fraction of sp³-hybridized carbons (Fsp3) is 0.133. The number of anilines is 1. The number of nitrogens with one attached hydrogen (secondary N) is 1. The van der Waals surface area contributed by atoms with E-state index in [9.17, 15) is 4.79 Å². The minimum Gasteiger partial charge on any atom is -0.493 e. The van der Waals surface area contributed by atoms with Crippen molar-refractivity contribution in [1.29, 1.82) is 0 Å². The molecule has 9 heteroatoms. The lowest BCUT2D eigenvalue weighted by atomic mass is 10.2. The summed E-state index contributed by atoms with van der Waals surface area (Å²) in [5.41, 5.74) is 8.49. The number of carbonyl (C=O) groups excluding carboxylic acids is 1. The number of nitrogens with two attached hydrogens (primary N) is 1. The van der Waals surface area contributed by atoms with Gasteiger partial charge in [0.1, 0.15) is 10.8 Å². The zero-order valence-corrected chi connectivity index (χ0v) is 14.8. The van der Waals surface area contributed by atoms with Crippen LogP contribution in [0.5, 0.6) is 5.75 Å². The second-order valence-corrected chi connectivity index (χ2v) is 5.58. The predicted molar refractivity (Wildman–Crippen MR) is 96.4 cm³/mol. The molecule has 1 heterocycles. The van der Waals surface area contributed by atoms with E-state index in [0.29, 0.717) is 17.9 Å². The van der Waals surface area contributed by atoms with E-state index < -0.39 is 5.91 Å². The second-order valence-electron chi connectivity index (χ2n) is 4.46. The highest BCUT2D eigenvalue weighted by atomic mass is 35.5. The summed E-state index contributed by atoms with van der Waals surface area (Å²) in [5.74, 6) is -0.0247. The summed E-state index contributed by atoms with van der Waals surface area (Å²) in [6.45, 7) is 2.39. The Morgan fingerprint density at radius 2 is 2.04 bits per heavy atom. The number of benzene rings is 1. The molecule has 0 unspecified atom stereocenters. The van der Waals surface area contributed by atoms with Gasteiger partial charge in [-0.15, -0.1) is 0 Å². The van der Waals surface area contributed by atoms with Crippen LogP contribution in [0.1, 0.15) is 23.0 Å². The Bertz CT molecular complexity index is 797. The minimum atomic E-state index is -0.671. The van der Waals surface area contributed by atoms with Crippen molar-refractivity contribution < 1.29 is 9.53 Å². The molecule has 0 aliphatic carbocycles. The molecule has 0 fully saturated rings. The maximum absolute atomic E-state index is 12.1. The van der Waals surface area contributed by atoms with E-state index in [4.69, 9.17) is 45.3 Å². The fourth-order valence-corrected chi connectivity index (χ4v) is 2.36. The lowest BCUT2D eigenvalue weighted by molar-refractivity contribution is 0.0950. The lowest BCUT2D eigenvalue weighted by Gasteiger charge is -2.08. The Hall–Kier alpha value is -2.02. The average molecular weight is 388 g/mol. The molecule has 2 aromatic rings. The number of nitrogens with zero attached hydrogens (tertiary/aromatic N) is 2. The van der Waals surface area contributed by atoms with Crippen molar-refractivity contribution in [3.63, 3.8) is 0 Å². The van der Waals surface area contributed by atoms with Gasteiger partial charge in [0.25, 0.3) is 5.91 Å². The van der Waals surface area contributed by atoms with Crippen molar-refractivity contribution in [2.75, 3.05) is 12.3 Å². The Kier molecular flexibility index (Phi) is 6.25. The van der Waals surface area contributed by atoms with E-state index in [-0.39, 0.29) is 26.6 Å². The van der Waals surface area contributed by atoms with Crippen LogP contribution in [-0.4, -0.2) is 23.7 Å². The third-order valence-corrected chi connectivity index (χ3v) is 4.01. The Morgan fingerprint density at radius 1 is 1.33 bits per heavy atom. The Morgan fingerprint density at radius 3 is 2.75 bits per heavy atom. The molecular weight excluding hydrogens is 375 g/mol. The first-order chi connectivity index (χ1) is 11.5. The smallest absolute Gasteiger partial charge is 0.291 e. The molecule has 6 nitrogen and oxygen atoms in total. The summed E-state index contributed by atoms with van der Waals surface area (Å²) < 4.78 is 5.46. The van der Waals surface area contributed by atoms with Crippen LogP contribution in [0, 0.1) is 0 Å². The summed E-state index contributed by atoms with van der Waals surface area (Å²) in [5, 5.41) is 3.65. The van der Waals surface area contributed by atoms with E-state index in [0.717, 1.165) is 0 Å². The molecule has 0 bridgehead atoms. The number of hydrogen-bond acceptors (Lipinski definition) is 5. The number of hydrazone groups is 1. The van der Waals surface area contributed by atoms with Crippen LogP contribution in [0.2, 0.25) is 15.2 Å². The molecule has 0 spiro atoms. The molecule has 126 valence electrons. The van der Waals surface area contributed by atoms with Gasteiger partial charge in [0, 0.05) is 5.56 Å². The van der Waals surface area contributed by atoms with Crippen LogP contribution < -0.4 is 15.9 Å². The summed E-state index contributed by atoms with van der Waals surface area (Å²) in [6.07, 6.45) is 1.44. The molecule has 0 saturated carbocycles. The molecule has 24 heavy (non-hydrogen) atoms. The van der Waals surface area contributed by atoms with Gasteiger partial charge in [0.15, 0.2) is 10.8 Å². The summed E-state index contributed by atoms with van der Waals surface area (Å²) in [6, 6.07) is 7.25.